The van der Waals surface area contributed by atoms with E-state index in [1.807, 2.05) is 28.9 Å². The number of rotatable bonds is 5. The van der Waals surface area contributed by atoms with Crippen LogP contribution in [0.2, 0.25) is 0 Å². The fraction of sp³-hybridized carbons (Fsp3) is 0.423. The monoisotopic (exact) mass is 474 g/mol. The maximum absolute atomic E-state index is 6.04. The van der Waals surface area contributed by atoms with Crippen molar-refractivity contribution in [3.8, 4) is 5.69 Å². The van der Waals surface area contributed by atoms with Gasteiger partial charge in [-0.2, -0.15) is 0 Å². The summed E-state index contributed by atoms with van der Waals surface area (Å²) in [5.41, 5.74) is 4.15. The molecule has 0 radical (unpaired) electrons. The number of para-hydroxylation sites is 2. The molecule has 7 nitrogen and oxygen atoms in total. The van der Waals surface area contributed by atoms with Crippen molar-refractivity contribution in [3.05, 3.63) is 64.8 Å². The number of anilines is 1. The first-order chi connectivity index (χ1) is 16.7. The number of oxazole rings is 1. The normalized spacial score (nSPS) is 17.7. The molecule has 2 fully saturated rings. The summed E-state index contributed by atoms with van der Waals surface area (Å²) in [4.78, 5) is 9.54. The molecule has 8 heteroatoms. The Morgan fingerprint density at radius 1 is 0.971 bits per heavy atom. The predicted molar refractivity (Wildman–Crippen MR) is 136 cm³/mol. The molecule has 4 heterocycles. The van der Waals surface area contributed by atoms with Crippen LogP contribution in [0.15, 0.2) is 52.9 Å². The lowest BCUT2D eigenvalue weighted by Crippen LogP contribution is -2.35. The van der Waals surface area contributed by atoms with Crippen LogP contribution in [-0.4, -0.2) is 50.4 Å². The van der Waals surface area contributed by atoms with Crippen LogP contribution in [0.25, 0.3) is 16.8 Å². The maximum Gasteiger partial charge on any atom is 0.230 e. The van der Waals surface area contributed by atoms with Crippen LogP contribution < -0.4 is 4.90 Å². The Balaban J connectivity index is 1.21. The van der Waals surface area contributed by atoms with E-state index < -0.39 is 0 Å². The average molecular weight is 475 g/mol. The third-order valence-electron chi connectivity index (χ3n) is 7.08. The molecule has 34 heavy (non-hydrogen) atoms. The first-order valence-corrected chi connectivity index (χ1v) is 12.7. The highest BCUT2D eigenvalue weighted by atomic mass is 32.1. The van der Waals surface area contributed by atoms with Crippen molar-refractivity contribution < 1.29 is 4.42 Å². The number of fused-ring (bicyclic) bond motifs is 1. The van der Waals surface area contributed by atoms with Gasteiger partial charge in [0.25, 0.3) is 0 Å². The van der Waals surface area contributed by atoms with Crippen molar-refractivity contribution in [2.24, 2.45) is 0 Å². The summed E-state index contributed by atoms with van der Waals surface area (Å²) in [5.74, 6) is 2.20. The lowest BCUT2D eigenvalue weighted by Gasteiger charge is -2.30. The van der Waals surface area contributed by atoms with E-state index in [0.717, 1.165) is 72.4 Å². The van der Waals surface area contributed by atoms with Crippen LogP contribution in [0.3, 0.4) is 0 Å². The van der Waals surface area contributed by atoms with Gasteiger partial charge in [-0.3, -0.25) is 9.47 Å². The second kappa shape index (κ2) is 9.00. The highest BCUT2D eigenvalue weighted by molar-refractivity contribution is 7.71. The van der Waals surface area contributed by atoms with Crippen molar-refractivity contribution in [2.75, 3.05) is 31.1 Å². The van der Waals surface area contributed by atoms with Gasteiger partial charge in [0.05, 0.1) is 12.4 Å². The van der Waals surface area contributed by atoms with Gasteiger partial charge in [0.15, 0.2) is 11.5 Å². The van der Waals surface area contributed by atoms with Crippen LogP contribution in [0.1, 0.15) is 43.1 Å². The minimum atomic E-state index is 0.363. The van der Waals surface area contributed by atoms with E-state index >= 15 is 0 Å². The zero-order chi connectivity index (χ0) is 23.1. The smallest absolute Gasteiger partial charge is 0.230 e. The van der Waals surface area contributed by atoms with Crippen molar-refractivity contribution in [3.63, 3.8) is 0 Å². The lowest BCUT2D eigenvalue weighted by molar-refractivity contribution is 0.153. The third-order valence-corrected chi connectivity index (χ3v) is 7.48. The van der Waals surface area contributed by atoms with Crippen molar-refractivity contribution >= 4 is 29.3 Å². The van der Waals surface area contributed by atoms with Crippen LogP contribution >= 0.6 is 12.2 Å². The average Bonchev–Trinajstić information content (AvgIpc) is 3.60. The number of nitrogens with zero attached hydrogens (tertiary/aromatic N) is 6. The SMILES string of the molecule is Cc1ccc(-n2c(N3CCCC3)nn(CN3CCC(c4nc5ccccc5o4)CC3)c2=S)cc1. The number of aromatic nitrogens is 4. The summed E-state index contributed by atoms with van der Waals surface area (Å²) in [6, 6.07) is 16.6. The molecule has 0 unspecified atom stereocenters. The molecule has 2 saturated heterocycles. The Morgan fingerprint density at radius 3 is 2.44 bits per heavy atom. The summed E-state index contributed by atoms with van der Waals surface area (Å²) in [6.07, 6.45) is 4.46. The summed E-state index contributed by atoms with van der Waals surface area (Å²) in [7, 11) is 0. The van der Waals surface area contributed by atoms with Crippen LogP contribution in [0.4, 0.5) is 5.95 Å². The minimum Gasteiger partial charge on any atom is -0.440 e. The minimum absolute atomic E-state index is 0.363. The molecule has 2 aromatic carbocycles. The molecular weight excluding hydrogens is 444 g/mol. The molecule has 0 spiro atoms. The molecule has 0 bridgehead atoms. The molecule has 0 atom stereocenters. The molecule has 0 aliphatic carbocycles. The third kappa shape index (κ3) is 4.05. The number of likely N-dealkylation sites (tertiary alicyclic amines) is 1. The Morgan fingerprint density at radius 2 is 1.71 bits per heavy atom. The van der Waals surface area contributed by atoms with Gasteiger partial charge in [0.2, 0.25) is 10.7 Å². The van der Waals surface area contributed by atoms with Gasteiger partial charge in [-0.15, -0.1) is 5.10 Å². The molecule has 0 amide bonds. The van der Waals surface area contributed by atoms with Gasteiger partial charge in [0.1, 0.15) is 5.52 Å². The standard InChI is InChI=1S/C26H30N6OS/c1-19-8-10-21(11-9-19)32-25(30-14-4-5-15-30)28-31(26(32)34)18-29-16-12-20(13-17-29)24-27-22-6-2-3-7-23(22)33-24/h2-3,6-11,20H,4-5,12-18H2,1H3. The fourth-order valence-corrected chi connectivity index (χ4v) is 5.39. The van der Waals surface area contributed by atoms with Crippen molar-refractivity contribution in [2.45, 2.75) is 45.2 Å². The largest absolute Gasteiger partial charge is 0.440 e. The van der Waals surface area contributed by atoms with E-state index in [-0.39, 0.29) is 0 Å². The number of aryl methyl sites for hydroxylation is 1. The maximum atomic E-state index is 6.04. The Kier molecular flexibility index (Phi) is 5.71. The molecule has 2 aromatic heterocycles. The Labute approximate surface area is 204 Å². The predicted octanol–water partition coefficient (Wildman–Crippen LogP) is 5.29. The van der Waals surface area contributed by atoms with Gasteiger partial charge < -0.3 is 9.32 Å². The van der Waals surface area contributed by atoms with Gasteiger partial charge in [-0.25, -0.2) is 9.67 Å². The van der Waals surface area contributed by atoms with Gasteiger partial charge in [-0.05, 0) is 69.1 Å². The molecular formula is C26H30N6OS. The van der Waals surface area contributed by atoms with E-state index in [9.17, 15) is 0 Å². The second-order valence-electron chi connectivity index (χ2n) is 9.50. The van der Waals surface area contributed by atoms with E-state index in [1.165, 1.54) is 18.4 Å². The summed E-state index contributed by atoms with van der Waals surface area (Å²) in [5, 5.41) is 5.02. The van der Waals surface area contributed by atoms with E-state index in [4.69, 9.17) is 26.7 Å². The lowest BCUT2D eigenvalue weighted by atomic mass is 9.97. The zero-order valence-electron chi connectivity index (χ0n) is 19.6. The summed E-state index contributed by atoms with van der Waals surface area (Å²) < 4.78 is 10.9. The highest BCUT2D eigenvalue weighted by Crippen LogP contribution is 2.30. The van der Waals surface area contributed by atoms with E-state index in [0.29, 0.717) is 12.6 Å². The Bertz CT molecular complexity index is 1310. The highest BCUT2D eigenvalue weighted by Gasteiger charge is 2.27. The van der Waals surface area contributed by atoms with Gasteiger partial charge >= 0.3 is 0 Å². The van der Waals surface area contributed by atoms with Crippen molar-refractivity contribution in [1.82, 2.24) is 24.2 Å². The summed E-state index contributed by atoms with van der Waals surface area (Å²) in [6.45, 7) is 6.83. The molecule has 6 rings (SSSR count). The first-order valence-electron chi connectivity index (χ1n) is 12.3. The van der Waals surface area contributed by atoms with E-state index in [2.05, 4.69) is 45.6 Å². The number of benzene rings is 2. The van der Waals surface area contributed by atoms with Gasteiger partial charge in [-0.1, -0.05) is 29.8 Å². The topological polar surface area (TPSA) is 55.3 Å². The molecule has 4 aromatic rings. The number of piperidine rings is 1. The number of hydrogen-bond donors (Lipinski definition) is 0. The fourth-order valence-electron chi connectivity index (χ4n) is 5.11. The number of hydrogen-bond acceptors (Lipinski definition) is 6. The molecule has 2 aliphatic rings. The molecule has 176 valence electrons. The van der Waals surface area contributed by atoms with Crippen LogP contribution in [0.5, 0.6) is 0 Å². The summed E-state index contributed by atoms with van der Waals surface area (Å²) >= 11 is 5.95. The van der Waals surface area contributed by atoms with Crippen molar-refractivity contribution in [1.29, 1.82) is 0 Å². The van der Waals surface area contributed by atoms with E-state index in [1.54, 1.807) is 0 Å². The Hall–Kier alpha value is -2.97. The van der Waals surface area contributed by atoms with Crippen LogP contribution in [-0.2, 0) is 6.67 Å². The molecule has 2 aliphatic heterocycles. The van der Waals surface area contributed by atoms with Crippen LogP contribution in [0, 0.1) is 11.7 Å². The molecule has 0 N–H and O–H groups in total. The second-order valence-corrected chi connectivity index (χ2v) is 9.87. The first kappa shape index (κ1) is 21.6. The quantitative estimate of drug-likeness (QED) is 0.366. The van der Waals surface area contributed by atoms with Gasteiger partial charge in [0, 0.05) is 32.1 Å². The zero-order valence-corrected chi connectivity index (χ0v) is 20.4. The molecule has 0 saturated carbocycles.